The molecule has 0 saturated carbocycles. The van der Waals surface area contributed by atoms with E-state index in [1.807, 2.05) is 0 Å². The monoisotopic (exact) mass is 377 g/mol. The molecule has 1 amide bonds. The first kappa shape index (κ1) is 20.0. The average molecular weight is 377 g/mol. The molecule has 0 bridgehead atoms. The summed E-state index contributed by atoms with van der Waals surface area (Å²) in [6.07, 6.45) is -1.10. The van der Waals surface area contributed by atoms with Gasteiger partial charge in [-0.3, -0.25) is 9.59 Å². The number of carbonyl (C=O) groups is 3. The highest BCUT2D eigenvalue weighted by molar-refractivity contribution is 5.98. The lowest BCUT2D eigenvalue weighted by molar-refractivity contribution is -0.123. The summed E-state index contributed by atoms with van der Waals surface area (Å²) in [5.74, 6) is -1.54. The van der Waals surface area contributed by atoms with E-state index in [1.54, 1.807) is 24.3 Å². The molecule has 0 radical (unpaired) electrons. The van der Waals surface area contributed by atoms with Crippen LogP contribution < -0.4 is 10.1 Å². The van der Waals surface area contributed by atoms with Crippen LogP contribution in [0.2, 0.25) is 0 Å². The molecule has 0 fully saturated rings. The van der Waals surface area contributed by atoms with Crippen LogP contribution in [0.4, 0.5) is 14.5 Å². The molecule has 2 aromatic rings. The molecule has 0 aliphatic rings. The van der Waals surface area contributed by atoms with Crippen molar-refractivity contribution in [2.45, 2.75) is 26.6 Å². The van der Waals surface area contributed by atoms with Crippen LogP contribution in [0.25, 0.3) is 0 Å². The van der Waals surface area contributed by atoms with E-state index in [4.69, 9.17) is 4.74 Å². The van der Waals surface area contributed by atoms with Gasteiger partial charge in [0, 0.05) is 11.3 Å². The largest absolute Gasteiger partial charge is 0.449 e. The topological polar surface area (TPSA) is 81.7 Å². The van der Waals surface area contributed by atoms with Gasteiger partial charge >= 0.3 is 12.6 Å². The van der Waals surface area contributed by atoms with Gasteiger partial charge in [0.05, 0.1) is 5.56 Å². The molecule has 0 aliphatic heterocycles. The number of esters is 1. The Morgan fingerprint density at radius 3 is 2.00 bits per heavy atom. The van der Waals surface area contributed by atoms with Crippen LogP contribution in [0.5, 0.6) is 5.75 Å². The molecule has 8 heteroatoms. The second-order valence-electron chi connectivity index (χ2n) is 5.57. The summed E-state index contributed by atoms with van der Waals surface area (Å²) >= 11 is 0. The van der Waals surface area contributed by atoms with Gasteiger partial charge in [-0.05, 0) is 62.4 Å². The summed E-state index contributed by atoms with van der Waals surface area (Å²) in [6, 6.07) is 11.2. The fourth-order valence-electron chi connectivity index (χ4n) is 2.09. The molecule has 0 aromatic heterocycles. The lowest BCUT2D eigenvalue weighted by atomic mass is 10.1. The van der Waals surface area contributed by atoms with E-state index < -0.39 is 24.6 Å². The fraction of sp³-hybridized carbons (Fsp3) is 0.211. The number of rotatable bonds is 7. The van der Waals surface area contributed by atoms with Crippen molar-refractivity contribution >= 4 is 23.3 Å². The van der Waals surface area contributed by atoms with Gasteiger partial charge < -0.3 is 14.8 Å². The standard InChI is InChI=1S/C19H17F2NO5/c1-11(23)13-3-7-15(8-4-13)22-17(24)12(2)26-18(25)14-5-9-16(10-6-14)27-19(20)21/h3-10,12,19H,1-2H3,(H,22,24)/t12-/m0/s1. The van der Waals surface area contributed by atoms with Crippen LogP contribution in [0.3, 0.4) is 0 Å². The summed E-state index contributed by atoms with van der Waals surface area (Å²) in [5, 5.41) is 2.56. The average Bonchev–Trinajstić information content (AvgIpc) is 2.62. The maximum Gasteiger partial charge on any atom is 0.387 e. The highest BCUT2D eigenvalue weighted by Gasteiger charge is 2.19. The predicted octanol–water partition coefficient (Wildman–Crippen LogP) is 3.67. The molecular formula is C19H17F2NO5. The van der Waals surface area contributed by atoms with Crippen LogP contribution in [-0.2, 0) is 9.53 Å². The number of benzene rings is 2. The normalized spacial score (nSPS) is 11.6. The van der Waals surface area contributed by atoms with E-state index in [0.29, 0.717) is 11.3 Å². The molecule has 27 heavy (non-hydrogen) atoms. The van der Waals surface area contributed by atoms with Crippen LogP contribution in [0.15, 0.2) is 48.5 Å². The Kier molecular flexibility index (Phi) is 6.59. The lowest BCUT2D eigenvalue weighted by Gasteiger charge is -2.14. The van der Waals surface area contributed by atoms with Crippen molar-refractivity contribution in [2.75, 3.05) is 5.32 Å². The zero-order valence-electron chi connectivity index (χ0n) is 14.6. The fourth-order valence-corrected chi connectivity index (χ4v) is 2.09. The molecule has 1 N–H and O–H groups in total. The first-order valence-electron chi connectivity index (χ1n) is 7.94. The number of alkyl halides is 2. The summed E-state index contributed by atoms with van der Waals surface area (Å²) in [5.41, 5.74) is 1.04. The number of amides is 1. The Morgan fingerprint density at radius 2 is 1.48 bits per heavy atom. The van der Waals surface area contributed by atoms with Crippen LogP contribution in [-0.4, -0.2) is 30.4 Å². The smallest absolute Gasteiger partial charge is 0.387 e. The minimum absolute atomic E-state index is 0.0853. The maximum absolute atomic E-state index is 12.1. The van der Waals surface area contributed by atoms with Crippen LogP contribution in [0.1, 0.15) is 34.6 Å². The van der Waals surface area contributed by atoms with Gasteiger partial charge in [-0.1, -0.05) is 0 Å². The number of ketones is 1. The van der Waals surface area contributed by atoms with Gasteiger partial charge in [-0.15, -0.1) is 0 Å². The van der Waals surface area contributed by atoms with Crippen molar-refractivity contribution < 1.29 is 32.6 Å². The second kappa shape index (κ2) is 8.88. The molecule has 0 heterocycles. The molecule has 0 unspecified atom stereocenters. The third-order valence-electron chi connectivity index (χ3n) is 3.53. The zero-order valence-corrected chi connectivity index (χ0v) is 14.6. The van der Waals surface area contributed by atoms with Crippen molar-refractivity contribution in [3.8, 4) is 5.75 Å². The van der Waals surface area contributed by atoms with Crippen molar-refractivity contribution in [3.05, 3.63) is 59.7 Å². The first-order valence-corrected chi connectivity index (χ1v) is 7.94. The Balaban J connectivity index is 1.92. The van der Waals surface area contributed by atoms with Crippen molar-refractivity contribution in [2.24, 2.45) is 0 Å². The third kappa shape index (κ3) is 5.88. The molecule has 2 rings (SSSR count). The summed E-state index contributed by atoms with van der Waals surface area (Å²) in [6.45, 7) is -0.136. The molecule has 6 nitrogen and oxygen atoms in total. The van der Waals surface area contributed by atoms with Crippen LogP contribution in [0, 0.1) is 0 Å². The highest BCUT2D eigenvalue weighted by Crippen LogP contribution is 2.16. The number of carbonyl (C=O) groups excluding carboxylic acids is 3. The van der Waals surface area contributed by atoms with Gasteiger partial charge in [0.15, 0.2) is 11.9 Å². The van der Waals surface area contributed by atoms with Gasteiger partial charge in [0.2, 0.25) is 0 Å². The Labute approximate surface area is 154 Å². The Bertz CT molecular complexity index is 819. The zero-order chi connectivity index (χ0) is 20.0. The van der Waals surface area contributed by atoms with E-state index in [2.05, 4.69) is 10.1 Å². The molecule has 1 atom stereocenters. The van der Waals surface area contributed by atoms with Gasteiger partial charge in [0.25, 0.3) is 5.91 Å². The minimum Gasteiger partial charge on any atom is -0.449 e. The van der Waals surface area contributed by atoms with Gasteiger partial charge in [-0.25, -0.2) is 4.79 Å². The van der Waals surface area contributed by atoms with E-state index in [-0.39, 0.29) is 17.1 Å². The molecule has 0 saturated heterocycles. The van der Waals surface area contributed by atoms with Crippen molar-refractivity contribution in [1.29, 1.82) is 0 Å². The predicted molar refractivity (Wildman–Crippen MR) is 93.0 cm³/mol. The molecular weight excluding hydrogens is 360 g/mol. The first-order chi connectivity index (χ1) is 12.8. The number of hydrogen-bond donors (Lipinski definition) is 1. The highest BCUT2D eigenvalue weighted by atomic mass is 19.3. The quantitative estimate of drug-likeness (QED) is 0.588. The number of Topliss-reactive ketones (excluding diaryl/α,β-unsaturated/α-hetero) is 1. The number of nitrogens with one attached hydrogen (secondary N) is 1. The van der Waals surface area contributed by atoms with E-state index in [9.17, 15) is 23.2 Å². The molecule has 142 valence electrons. The van der Waals surface area contributed by atoms with Crippen molar-refractivity contribution in [1.82, 2.24) is 0 Å². The Morgan fingerprint density at radius 1 is 0.926 bits per heavy atom. The van der Waals surface area contributed by atoms with Crippen molar-refractivity contribution in [3.63, 3.8) is 0 Å². The third-order valence-corrected chi connectivity index (χ3v) is 3.53. The van der Waals surface area contributed by atoms with Crippen LogP contribution >= 0.6 is 0 Å². The molecule has 0 aliphatic carbocycles. The Hall–Kier alpha value is -3.29. The second-order valence-corrected chi connectivity index (χ2v) is 5.57. The van der Waals surface area contributed by atoms with E-state index in [0.717, 1.165) is 0 Å². The van der Waals surface area contributed by atoms with Gasteiger partial charge in [-0.2, -0.15) is 8.78 Å². The number of ether oxygens (including phenoxy) is 2. The number of halogens is 2. The molecule has 2 aromatic carbocycles. The lowest BCUT2D eigenvalue weighted by Crippen LogP contribution is -2.30. The summed E-state index contributed by atoms with van der Waals surface area (Å²) in [4.78, 5) is 35.4. The van der Waals surface area contributed by atoms with E-state index >= 15 is 0 Å². The SMILES string of the molecule is CC(=O)c1ccc(NC(=O)[C@H](C)OC(=O)c2ccc(OC(F)F)cc2)cc1. The summed E-state index contributed by atoms with van der Waals surface area (Å²) in [7, 11) is 0. The number of hydrogen-bond acceptors (Lipinski definition) is 5. The maximum atomic E-state index is 12.1. The molecule has 0 spiro atoms. The number of anilines is 1. The van der Waals surface area contributed by atoms with Gasteiger partial charge in [0.1, 0.15) is 5.75 Å². The van der Waals surface area contributed by atoms with E-state index in [1.165, 1.54) is 38.1 Å². The minimum atomic E-state index is -2.96. The summed E-state index contributed by atoms with van der Waals surface area (Å²) < 4.78 is 33.5.